The summed E-state index contributed by atoms with van der Waals surface area (Å²) in [6.07, 6.45) is 3.78. The van der Waals surface area contributed by atoms with Crippen molar-refractivity contribution in [1.29, 1.82) is 0 Å². The van der Waals surface area contributed by atoms with Crippen molar-refractivity contribution in [2.45, 2.75) is 56.7 Å². The molecule has 0 saturated carbocycles. The van der Waals surface area contributed by atoms with E-state index in [9.17, 15) is 0 Å². The molecule has 0 radical (unpaired) electrons. The lowest BCUT2D eigenvalue weighted by Gasteiger charge is -2.49. The van der Waals surface area contributed by atoms with Gasteiger partial charge in [-0.3, -0.25) is 4.68 Å². The molecule has 3 atom stereocenters. The Labute approximate surface area is 151 Å². The first kappa shape index (κ1) is 16.5. The van der Waals surface area contributed by atoms with Crippen molar-refractivity contribution in [2.24, 2.45) is 7.05 Å². The smallest absolute Gasteiger partial charge is 0.0997 e. The van der Waals surface area contributed by atoms with E-state index in [-0.39, 0.29) is 17.1 Å². The molecule has 2 aromatic rings. The van der Waals surface area contributed by atoms with Crippen LogP contribution in [-0.4, -0.2) is 27.6 Å². The maximum Gasteiger partial charge on any atom is 0.0997 e. The number of nitrogens with one attached hydrogen (secondary N) is 1. The summed E-state index contributed by atoms with van der Waals surface area (Å²) in [5.41, 5.74) is 1.96. The van der Waals surface area contributed by atoms with Gasteiger partial charge in [-0.05, 0) is 25.0 Å². The van der Waals surface area contributed by atoms with E-state index in [1.54, 1.807) is 16.0 Å². The Hall–Kier alpha value is -0.950. The Bertz CT molecular complexity index is 770. The predicted octanol–water partition coefficient (Wildman–Crippen LogP) is 3.55. The Kier molecular flexibility index (Phi) is 3.80. The van der Waals surface area contributed by atoms with Crippen molar-refractivity contribution in [2.75, 3.05) is 6.61 Å². The van der Waals surface area contributed by atoms with Gasteiger partial charge in [0.15, 0.2) is 0 Å². The highest BCUT2D eigenvalue weighted by molar-refractivity contribution is 7.16. The minimum atomic E-state index is -0.290. The summed E-state index contributed by atoms with van der Waals surface area (Å²) >= 11 is 8.10. The zero-order valence-corrected chi connectivity index (χ0v) is 16.0. The van der Waals surface area contributed by atoms with Gasteiger partial charge in [-0.15, -0.1) is 16.4 Å². The molecule has 4 heterocycles. The van der Waals surface area contributed by atoms with E-state index in [0.29, 0.717) is 6.04 Å². The molecule has 0 amide bonds. The van der Waals surface area contributed by atoms with Crippen molar-refractivity contribution in [3.05, 3.63) is 32.7 Å². The molecule has 0 unspecified atom stereocenters. The lowest BCUT2D eigenvalue weighted by Crippen LogP contribution is -2.52. The molecule has 2 aliphatic heterocycles. The SMILES string of the molecule is C[C@H]1C[C@@]2(C[C@@H](c3cn(C)nn3)N1)OCC(C)(C)c1sc(Cl)cc12. The average Bonchev–Trinajstić information content (AvgIpc) is 3.11. The third-order valence-corrected chi connectivity index (χ3v) is 6.78. The van der Waals surface area contributed by atoms with E-state index in [0.717, 1.165) is 29.5 Å². The number of nitrogens with zero attached hydrogens (tertiary/aromatic N) is 3. The molecular formula is C17H23ClN4OS. The van der Waals surface area contributed by atoms with E-state index in [1.165, 1.54) is 10.4 Å². The average molecular weight is 367 g/mol. The second-order valence-electron chi connectivity index (χ2n) is 7.81. The number of thiophene rings is 1. The van der Waals surface area contributed by atoms with Gasteiger partial charge in [-0.1, -0.05) is 30.7 Å². The minimum absolute atomic E-state index is 0.00849. The zero-order valence-electron chi connectivity index (χ0n) is 14.5. The predicted molar refractivity (Wildman–Crippen MR) is 95.6 cm³/mol. The lowest BCUT2D eigenvalue weighted by molar-refractivity contribution is -0.116. The summed E-state index contributed by atoms with van der Waals surface area (Å²) < 4.78 is 9.14. The number of piperidine rings is 1. The van der Waals surface area contributed by atoms with Crippen LogP contribution in [0.15, 0.2) is 12.3 Å². The van der Waals surface area contributed by atoms with Gasteiger partial charge in [0.1, 0.15) is 0 Å². The van der Waals surface area contributed by atoms with Crippen LogP contribution < -0.4 is 5.32 Å². The Morgan fingerprint density at radius 2 is 2.21 bits per heavy atom. The van der Waals surface area contributed by atoms with Crippen molar-refractivity contribution >= 4 is 22.9 Å². The van der Waals surface area contributed by atoms with Crippen LogP contribution in [0.4, 0.5) is 0 Å². The summed E-state index contributed by atoms with van der Waals surface area (Å²) in [6.45, 7) is 7.39. The molecule has 4 rings (SSSR count). The summed E-state index contributed by atoms with van der Waals surface area (Å²) in [5, 5.41) is 12.1. The van der Waals surface area contributed by atoms with Crippen LogP contribution >= 0.6 is 22.9 Å². The van der Waals surface area contributed by atoms with E-state index in [2.05, 4.69) is 42.5 Å². The van der Waals surface area contributed by atoms with Crippen molar-refractivity contribution < 1.29 is 4.74 Å². The molecular weight excluding hydrogens is 344 g/mol. The van der Waals surface area contributed by atoms with Gasteiger partial charge in [-0.2, -0.15) is 0 Å². The molecule has 7 heteroatoms. The van der Waals surface area contributed by atoms with E-state index in [4.69, 9.17) is 16.3 Å². The topological polar surface area (TPSA) is 52.0 Å². The fourth-order valence-corrected chi connectivity index (χ4v) is 5.49. The largest absolute Gasteiger partial charge is 0.369 e. The van der Waals surface area contributed by atoms with Crippen molar-refractivity contribution in [1.82, 2.24) is 20.3 Å². The second kappa shape index (κ2) is 5.53. The maximum absolute atomic E-state index is 6.54. The number of aromatic nitrogens is 3. The number of rotatable bonds is 1. The summed E-state index contributed by atoms with van der Waals surface area (Å²) in [5.74, 6) is 0. The molecule has 0 bridgehead atoms. The molecule has 5 nitrogen and oxygen atoms in total. The van der Waals surface area contributed by atoms with Crippen LogP contribution in [0.25, 0.3) is 0 Å². The molecule has 24 heavy (non-hydrogen) atoms. The van der Waals surface area contributed by atoms with Gasteiger partial charge < -0.3 is 10.1 Å². The van der Waals surface area contributed by atoms with Crippen LogP contribution in [0.2, 0.25) is 4.34 Å². The monoisotopic (exact) mass is 366 g/mol. The molecule has 0 aromatic carbocycles. The Morgan fingerprint density at radius 1 is 1.42 bits per heavy atom. The number of hydrogen-bond acceptors (Lipinski definition) is 5. The number of aryl methyl sites for hydroxylation is 1. The first-order chi connectivity index (χ1) is 11.3. The highest BCUT2D eigenvalue weighted by Crippen LogP contribution is 2.53. The van der Waals surface area contributed by atoms with E-state index >= 15 is 0 Å². The van der Waals surface area contributed by atoms with Crippen molar-refractivity contribution in [3.8, 4) is 0 Å². The first-order valence-corrected chi connectivity index (χ1v) is 9.55. The maximum atomic E-state index is 6.54. The van der Waals surface area contributed by atoms with Gasteiger partial charge in [0.25, 0.3) is 0 Å². The third-order valence-electron chi connectivity index (χ3n) is 5.15. The van der Waals surface area contributed by atoms with Crippen LogP contribution in [0.3, 0.4) is 0 Å². The first-order valence-electron chi connectivity index (χ1n) is 8.36. The normalized spacial score (nSPS) is 32.0. The van der Waals surface area contributed by atoms with Crippen LogP contribution in [0.1, 0.15) is 55.8 Å². The molecule has 2 aliphatic rings. The Morgan fingerprint density at radius 3 is 2.92 bits per heavy atom. The van der Waals surface area contributed by atoms with Crippen LogP contribution in [-0.2, 0) is 22.8 Å². The van der Waals surface area contributed by atoms with E-state index < -0.39 is 0 Å². The van der Waals surface area contributed by atoms with Gasteiger partial charge in [0.2, 0.25) is 0 Å². The zero-order chi connectivity index (χ0) is 17.1. The van der Waals surface area contributed by atoms with Gasteiger partial charge in [0, 0.05) is 36.0 Å². The molecule has 1 spiro atoms. The summed E-state index contributed by atoms with van der Waals surface area (Å²) in [4.78, 5) is 1.37. The van der Waals surface area contributed by atoms with Crippen molar-refractivity contribution in [3.63, 3.8) is 0 Å². The lowest BCUT2D eigenvalue weighted by atomic mass is 9.73. The second-order valence-corrected chi connectivity index (χ2v) is 9.49. The van der Waals surface area contributed by atoms with E-state index in [1.807, 2.05) is 13.2 Å². The third kappa shape index (κ3) is 2.60. The standard InChI is InChI=1S/C17H23ClN4OS/c1-10-6-17(7-12(19-10)13-8-22(4)21-20-13)11-5-14(18)24-15(11)16(2,3)9-23-17/h5,8,10,12,19H,6-7,9H2,1-4H3/t10-,12-,17-/m0/s1. The summed E-state index contributed by atoms with van der Waals surface area (Å²) in [7, 11) is 1.90. The van der Waals surface area contributed by atoms with Gasteiger partial charge in [0.05, 0.1) is 28.3 Å². The minimum Gasteiger partial charge on any atom is -0.369 e. The van der Waals surface area contributed by atoms with Gasteiger partial charge in [-0.25, -0.2) is 0 Å². The number of halogens is 1. The van der Waals surface area contributed by atoms with Crippen LogP contribution in [0, 0.1) is 0 Å². The van der Waals surface area contributed by atoms with Crippen LogP contribution in [0.5, 0.6) is 0 Å². The molecule has 2 aromatic heterocycles. The molecule has 1 N–H and O–H groups in total. The molecule has 130 valence electrons. The highest BCUT2D eigenvalue weighted by atomic mass is 35.5. The molecule has 1 fully saturated rings. The van der Waals surface area contributed by atoms with Gasteiger partial charge >= 0.3 is 0 Å². The number of fused-ring (bicyclic) bond motifs is 2. The Balaban J connectivity index is 1.76. The molecule has 1 saturated heterocycles. The summed E-state index contributed by atoms with van der Waals surface area (Å²) in [6, 6.07) is 2.59. The highest BCUT2D eigenvalue weighted by Gasteiger charge is 2.50. The quantitative estimate of drug-likeness (QED) is 0.838. The fourth-order valence-electron chi connectivity index (χ4n) is 4.09. The molecule has 0 aliphatic carbocycles. The number of hydrogen-bond donors (Lipinski definition) is 1. The fraction of sp³-hybridized carbons (Fsp3) is 0.647. The number of ether oxygens (including phenoxy) is 1.